The Hall–Kier alpha value is -3.90. The Morgan fingerprint density at radius 3 is 2.34 bits per heavy atom. The predicted molar refractivity (Wildman–Crippen MR) is 167 cm³/mol. The van der Waals surface area contributed by atoms with E-state index in [0.29, 0.717) is 36.8 Å². The molecule has 2 heterocycles. The monoisotopic (exact) mass is 624 g/mol. The number of nitrogens with zero attached hydrogens (tertiary/aromatic N) is 4. The van der Waals surface area contributed by atoms with Crippen LogP contribution in [0.4, 0.5) is 10.5 Å². The molecule has 2 fully saturated rings. The van der Waals surface area contributed by atoms with Crippen molar-refractivity contribution in [3.05, 3.63) is 70.3 Å². The highest BCUT2D eigenvalue weighted by Crippen LogP contribution is 2.39. The molecule has 2 aliphatic rings. The van der Waals surface area contributed by atoms with Gasteiger partial charge in [0.15, 0.2) is 0 Å². The summed E-state index contributed by atoms with van der Waals surface area (Å²) in [6.07, 6.45) is -0.627. The minimum Gasteiger partial charge on any atom is -0.444 e. The summed E-state index contributed by atoms with van der Waals surface area (Å²) >= 11 is 1.31. The van der Waals surface area contributed by atoms with Crippen LogP contribution in [0.15, 0.2) is 58.8 Å². The average molecular weight is 625 g/mol. The Bertz CT molecular complexity index is 1430. The molecule has 1 unspecified atom stereocenters. The van der Waals surface area contributed by atoms with Gasteiger partial charge in [0.05, 0.1) is 29.6 Å². The number of benzene rings is 2. The molecule has 2 aromatic carbocycles. The largest absolute Gasteiger partial charge is 0.444 e. The number of ether oxygens (including phenoxy) is 2. The van der Waals surface area contributed by atoms with E-state index in [0.717, 1.165) is 10.5 Å². The molecular weight excluding hydrogens is 584 g/mol. The molecular formula is C32H40N4O7S. The quantitative estimate of drug-likeness (QED) is 0.234. The standard InChI is InChI=1S/C32H40N4O7S/c1-21(2)24-9-7-8-10-27(24)44-28-12-11-23(19-25(28)36(40)41)22(3)29(37)34-13-14-35(31(39)43-32(4,5)6)26(20-34)30(38)33-15-17-42-18-16-33/h7-12,19,21,26H,3,13-18,20H2,1-2,4-6H3. The maximum Gasteiger partial charge on any atom is 0.411 e. The van der Waals surface area contributed by atoms with Crippen molar-refractivity contribution in [1.82, 2.24) is 14.7 Å². The molecule has 11 nitrogen and oxygen atoms in total. The summed E-state index contributed by atoms with van der Waals surface area (Å²) in [6, 6.07) is 11.5. The smallest absolute Gasteiger partial charge is 0.411 e. The second-order valence-corrected chi connectivity index (χ2v) is 13.2. The SMILES string of the molecule is C=C(C(=O)N1CCN(C(=O)OC(C)(C)C)C(C(=O)N2CCOCC2)C1)c1ccc(Sc2ccccc2C(C)C)c([N+](=O)[O-])c1. The van der Waals surface area contributed by atoms with Crippen LogP contribution in [-0.2, 0) is 19.1 Å². The molecule has 3 amide bonds. The summed E-state index contributed by atoms with van der Waals surface area (Å²) in [5.41, 5.74) is 0.572. The van der Waals surface area contributed by atoms with E-state index < -0.39 is 28.6 Å². The van der Waals surface area contributed by atoms with E-state index in [1.54, 1.807) is 37.8 Å². The van der Waals surface area contributed by atoms with Crippen molar-refractivity contribution in [3.8, 4) is 0 Å². The lowest BCUT2D eigenvalue weighted by atomic mass is 10.0. The lowest BCUT2D eigenvalue weighted by Gasteiger charge is -2.43. The van der Waals surface area contributed by atoms with Crippen LogP contribution < -0.4 is 0 Å². The molecule has 44 heavy (non-hydrogen) atoms. The summed E-state index contributed by atoms with van der Waals surface area (Å²) in [4.78, 5) is 57.9. The van der Waals surface area contributed by atoms with Crippen LogP contribution in [0.5, 0.6) is 0 Å². The number of hydrogen-bond donors (Lipinski definition) is 0. The van der Waals surface area contributed by atoms with Crippen LogP contribution in [0.1, 0.15) is 51.7 Å². The topological polar surface area (TPSA) is 123 Å². The van der Waals surface area contributed by atoms with Gasteiger partial charge in [-0.2, -0.15) is 0 Å². The van der Waals surface area contributed by atoms with Gasteiger partial charge in [0.25, 0.3) is 11.6 Å². The first-order valence-electron chi connectivity index (χ1n) is 14.7. The molecule has 0 radical (unpaired) electrons. The molecule has 2 aromatic rings. The van der Waals surface area contributed by atoms with Crippen LogP contribution in [0.3, 0.4) is 0 Å². The Labute approximate surface area is 262 Å². The number of nitro benzene ring substituents is 1. The van der Waals surface area contributed by atoms with Gasteiger partial charge >= 0.3 is 6.09 Å². The molecule has 1 atom stereocenters. The van der Waals surface area contributed by atoms with Crippen LogP contribution in [0, 0.1) is 10.1 Å². The van der Waals surface area contributed by atoms with Crippen molar-refractivity contribution in [3.63, 3.8) is 0 Å². The van der Waals surface area contributed by atoms with Crippen LogP contribution in [-0.4, -0.2) is 95.1 Å². The van der Waals surface area contributed by atoms with Gasteiger partial charge in [-0.25, -0.2) is 4.79 Å². The minimum absolute atomic E-state index is 0.0602. The number of piperazine rings is 1. The highest BCUT2D eigenvalue weighted by molar-refractivity contribution is 7.99. The first kappa shape index (κ1) is 33.0. The fourth-order valence-electron chi connectivity index (χ4n) is 5.13. The molecule has 236 valence electrons. The normalized spacial score (nSPS) is 17.4. The van der Waals surface area contributed by atoms with Gasteiger partial charge in [0, 0.05) is 42.7 Å². The molecule has 2 saturated heterocycles. The molecule has 0 saturated carbocycles. The van der Waals surface area contributed by atoms with Gasteiger partial charge in [0.2, 0.25) is 5.91 Å². The first-order chi connectivity index (χ1) is 20.8. The van der Waals surface area contributed by atoms with Gasteiger partial charge < -0.3 is 19.3 Å². The zero-order valence-corrected chi connectivity index (χ0v) is 26.7. The predicted octanol–water partition coefficient (Wildman–Crippen LogP) is 5.19. The minimum atomic E-state index is -0.956. The fourth-order valence-corrected chi connectivity index (χ4v) is 6.31. The summed E-state index contributed by atoms with van der Waals surface area (Å²) in [6.45, 7) is 15.1. The highest BCUT2D eigenvalue weighted by atomic mass is 32.2. The molecule has 0 N–H and O–H groups in total. The van der Waals surface area contributed by atoms with Crippen molar-refractivity contribution in [2.75, 3.05) is 45.9 Å². The average Bonchev–Trinajstić information content (AvgIpc) is 2.99. The molecule has 2 aliphatic heterocycles. The van der Waals surface area contributed by atoms with Crippen molar-refractivity contribution in [2.45, 2.75) is 62.0 Å². The molecule has 0 spiro atoms. The van der Waals surface area contributed by atoms with E-state index in [2.05, 4.69) is 20.4 Å². The van der Waals surface area contributed by atoms with E-state index in [4.69, 9.17) is 9.47 Å². The van der Waals surface area contributed by atoms with Gasteiger partial charge in [0.1, 0.15) is 11.6 Å². The second-order valence-electron chi connectivity index (χ2n) is 12.1. The molecule has 12 heteroatoms. The third kappa shape index (κ3) is 7.78. The van der Waals surface area contributed by atoms with E-state index in [-0.39, 0.29) is 42.7 Å². The number of hydrogen-bond acceptors (Lipinski definition) is 8. The number of morpholine rings is 1. The van der Waals surface area contributed by atoms with Gasteiger partial charge in [-0.3, -0.25) is 24.6 Å². The van der Waals surface area contributed by atoms with Crippen molar-refractivity contribution >= 4 is 40.9 Å². The first-order valence-corrected chi connectivity index (χ1v) is 15.5. The maximum absolute atomic E-state index is 13.7. The van der Waals surface area contributed by atoms with Crippen molar-refractivity contribution in [1.29, 1.82) is 0 Å². The third-order valence-electron chi connectivity index (χ3n) is 7.43. The highest BCUT2D eigenvalue weighted by Gasteiger charge is 2.41. The van der Waals surface area contributed by atoms with Gasteiger partial charge in [-0.05, 0) is 49.9 Å². The molecule has 0 aliphatic carbocycles. The number of carbonyl (C=O) groups is 3. The second kappa shape index (κ2) is 13.8. The summed E-state index contributed by atoms with van der Waals surface area (Å²) in [5, 5.41) is 12.1. The fraction of sp³-hybridized carbons (Fsp3) is 0.469. The molecule has 0 bridgehead atoms. The zero-order valence-electron chi connectivity index (χ0n) is 25.9. The Balaban J connectivity index is 1.56. The summed E-state index contributed by atoms with van der Waals surface area (Å²) < 4.78 is 10.9. The van der Waals surface area contributed by atoms with Crippen LogP contribution in [0.25, 0.3) is 5.57 Å². The Morgan fingerprint density at radius 1 is 1.02 bits per heavy atom. The molecule has 4 rings (SSSR count). The van der Waals surface area contributed by atoms with E-state index in [9.17, 15) is 24.5 Å². The van der Waals surface area contributed by atoms with E-state index >= 15 is 0 Å². The maximum atomic E-state index is 13.7. The Kier molecular flexibility index (Phi) is 10.4. The van der Waals surface area contributed by atoms with E-state index in [1.165, 1.54) is 27.6 Å². The number of rotatable bonds is 7. The molecule has 0 aromatic heterocycles. The number of carbonyl (C=O) groups excluding carboxylic acids is 3. The summed E-state index contributed by atoms with van der Waals surface area (Å²) in [7, 11) is 0. The lowest BCUT2D eigenvalue weighted by Crippen LogP contribution is -2.63. The number of amides is 3. The van der Waals surface area contributed by atoms with E-state index in [1.807, 2.05) is 24.3 Å². The number of nitro groups is 1. The lowest BCUT2D eigenvalue weighted by molar-refractivity contribution is -0.387. The van der Waals surface area contributed by atoms with Crippen LogP contribution >= 0.6 is 11.8 Å². The zero-order chi connectivity index (χ0) is 32.2. The Morgan fingerprint density at radius 2 is 1.70 bits per heavy atom. The van der Waals surface area contributed by atoms with Crippen LogP contribution in [0.2, 0.25) is 0 Å². The van der Waals surface area contributed by atoms with Crippen molar-refractivity contribution < 1.29 is 28.8 Å². The van der Waals surface area contributed by atoms with Crippen molar-refractivity contribution in [2.24, 2.45) is 0 Å². The summed E-state index contributed by atoms with van der Waals surface area (Å²) in [5.74, 6) is -0.515. The van der Waals surface area contributed by atoms with Gasteiger partial charge in [-0.15, -0.1) is 0 Å². The third-order valence-corrected chi connectivity index (χ3v) is 8.58. The van der Waals surface area contributed by atoms with Gasteiger partial charge in [-0.1, -0.05) is 56.5 Å².